The summed E-state index contributed by atoms with van der Waals surface area (Å²) < 4.78 is 0. The van der Waals surface area contributed by atoms with Gasteiger partial charge in [-0.2, -0.15) is 0 Å². The fourth-order valence-electron chi connectivity index (χ4n) is 2.30. The molecule has 3 nitrogen and oxygen atoms in total. The zero-order valence-electron chi connectivity index (χ0n) is 10.4. The number of benzene rings is 1. The summed E-state index contributed by atoms with van der Waals surface area (Å²) in [6.45, 7) is 5.58. The first-order chi connectivity index (χ1) is 8.11. The average molecular weight is 233 g/mol. The molecule has 3 heteroatoms. The predicted molar refractivity (Wildman–Crippen MR) is 67.0 cm³/mol. The van der Waals surface area contributed by atoms with Crippen molar-refractivity contribution in [3.8, 4) is 0 Å². The molecule has 0 aromatic heterocycles. The van der Waals surface area contributed by atoms with Crippen LogP contribution in [0.25, 0.3) is 0 Å². The van der Waals surface area contributed by atoms with Gasteiger partial charge in [-0.15, -0.1) is 0 Å². The Balaban J connectivity index is 2.17. The number of rotatable bonds is 2. The molecule has 0 bridgehead atoms. The minimum Gasteiger partial charge on any atom is -0.396 e. The highest BCUT2D eigenvalue weighted by Crippen LogP contribution is 2.20. The van der Waals surface area contributed by atoms with E-state index in [1.165, 1.54) is 0 Å². The highest BCUT2D eigenvalue weighted by molar-refractivity contribution is 5.96. The summed E-state index contributed by atoms with van der Waals surface area (Å²) in [5.41, 5.74) is 2.92. The van der Waals surface area contributed by atoms with Crippen LogP contribution in [-0.2, 0) is 0 Å². The van der Waals surface area contributed by atoms with Crippen molar-refractivity contribution >= 4 is 5.91 Å². The Hall–Kier alpha value is -1.35. The van der Waals surface area contributed by atoms with Gasteiger partial charge >= 0.3 is 0 Å². The maximum atomic E-state index is 12.3. The lowest BCUT2D eigenvalue weighted by Gasteiger charge is -2.17. The number of hydrogen-bond donors (Lipinski definition) is 1. The van der Waals surface area contributed by atoms with Crippen molar-refractivity contribution < 1.29 is 9.90 Å². The van der Waals surface area contributed by atoms with Crippen LogP contribution in [-0.4, -0.2) is 35.6 Å². The molecule has 1 amide bonds. The van der Waals surface area contributed by atoms with Gasteiger partial charge in [0.15, 0.2) is 0 Å². The average Bonchev–Trinajstić information content (AvgIpc) is 2.80. The molecule has 1 N–H and O–H groups in total. The molecule has 1 aliphatic rings. The molecule has 0 radical (unpaired) electrons. The predicted octanol–water partition coefficient (Wildman–Crippen LogP) is 1.76. The van der Waals surface area contributed by atoms with Gasteiger partial charge in [0.1, 0.15) is 0 Å². The molecule has 1 fully saturated rings. The smallest absolute Gasteiger partial charge is 0.254 e. The molecule has 1 aliphatic heterocycles. The molecule has 1 aromatic rings. The number of aliphatic hydroxyl groups excluding tert-OH is 1. The Morgan fingerprint density at radius 2 is 2.24 bits per heavy atom. The first-order valence-corrected chi connectivity index (χ1v) is 6.09. The number of hydrogen-bond acceptors (Lipinski definition) is 2. The number of amides is 1. The fourth-order valence-corrected chi connectivity index (χ4v) is 2.30. The van der Waals surface area contributed by atoms with Crippen LogP contribution >= 0.6 is 0 Å². The molecule has 1 saturated heterocycles. The summed E-state index contributed by atoms with van der Waals surface area (Å²) in [5.74, 6) is 0.353. The van der Waals surface area contributed by atoms with Crippen molar-refractivity contribution in [1.82, 2.24) is 4.90 Å². The Morgan fingerprint density at radius 3 is 2.88 bits per heavy atom. The van der Waals surface area contributed by atoms with Crippen LogP contribution in [0, 0.1) is 19.8 Å². The first-order valence-electron chi connectivity index (χ1n) is 6.09. The summed E-state index contributed by atoms with van der Waals surface area (Å²) in [7, 11) is 0. The quantitative estimate of drug-likeness (QED) is 0.845. The molecule has 0 spiro atoms. The molecular weight excluding hydrogens is 214 g/mol. The van der Waals surface area contributed by atoms with Crippen molar-refractivity contribution in [2.45, 2.75) is 20.3 Å². The normalized spacial score (nSPS) is 19.7. The van der Waals surface area contributed by atoms with E-state index in [0.717, 1.165) is 29.7 Å². The maximum absolute atomic E-state index is 12.3. The highest BCUT2D eigenvalue weighted by Gasteiger charge is 2.26. The largest absolute Gasteiger partial charge is 0.396 e. The van der Waals surface area contributed by atoms with Gasteiger partial charge in [0, 0.05) is 31.2 Å². The first kappa shape index (κ1) is 12.1. The second-order valence-corrected chi connectivity index (χ2v) is 4.91. The number of carbonyl (C=O) groups excluding carboxylic acids is 1. The van der Waals surface area contributed by atoms with Crippen LogP contribution in [0.4, 0.5) is 0 Å². The summed E-state index contributed by atoms with van der Waals surface area (Å²) in [6.07, 6.45) is 0.910. The zero-order chi connectivity index (χ0) is 12.4. The Kier molecular flexibility index (Phi) is 3.48. The standard InChI is InChI=1S/C14H19NO2/c1-10-3-4-11(2)13(7-10)14(17)15-6-5-12(8-15)9-16/h3-4,7,12,16H,5-6,8-9H2,1-2H3/t12-/m0/s1. The molecular formula is C14H19NO2. The minimum atomic E-state index is 0.0992. The van der Waals surface area contributed by atoms with Gasteiger partial charge in [0.05, 0.1) is 0 Å². The van der Waals surface area contributed by atoms with E-state index in [1.54, 1.807) is 0 Å². The fraction of sp³-hybridized carbons (Fsp3) is 0.500. The van der Waals surface area contributed by atoms with Crippen LogP contribution < -0.4 is 0 Å². The summed E-state index contributed by atoms with van der Waals surface area (Å²) in [4.78, 5) is 14.2. The minimum absolute atomic E-state index is 0.0992. The Morgan fingerprint density at radius 1 is 1.47 bits per heavy atom. The van der Waals surface area contributed by atoms with Crippen LogP contribution in [0.3, 0.4) is 0 Å². The van der Waals surface area contributed by atoms with E-state index in [9.17, 15) is 4.79 Å². The SMILES string of the molecule is Cc1ccc(C)c(C(=O)N2CC[C@H](CO)C2)c1. The van der Waals surface area contributed by atoms with E-state index < -0.39 is 0 Å². The Labute approximate surface area is 102 Å². The Bertz CT molecular complexity index is 428. The van der Waals surface area contributed by atoms with Crippen LogP contribution in [0.5, 0.6) is 0 Å². The molecule has 0 saturated carbocycles. The van der Waals surface area contributed by atoms with Gasteiger partial charge in [0.2, 0.25) is 0 Å². The lowest BCUT2D eigenvalue weighted by molar-refractivity contribution is 0.0781. The number of carbonyl (C=O) groups is 1. The van der Waals surface area contributed by atoms with E-state index in [2.05, 4.69) is 0 Å². The van der Waals surface area contributed by atoms with E-state index in [1.807, 2.05) is 36.9 Å². The van der Waals surface area contributed by atoms with E-state index in [-0.39, 0.29) is 18.4 Å². The number of likely N-dealkylation sites (tertiary alicyclic amines) is 1. The molecule has 2 rings (SSSR count). The van der Waals surface area contributed by atoms with Crippen molar-refractivity contribution in [3.05, 3.63) is 34.9 Å². The van der Waals surface area contributed by atoms with Gasteiger partial charge in [-0.3, -0.25) is 4.79 Å². The van der Waals surface area contributed by atoms with Gasteiger partial charge in [0.25, 0.3) is 5.91 Å². The number of aliphatic hydroxyl groups is 1. The number of nitrogens with zero attached hydrogens (tertiary/aromatic N) is 1. The van der Waals surface area contributed by atoms with Gasteiger partial charge in [-0.05, 0) is 31.9 Å². The van der Waals surface area contributed by atoms with Crippen molar-refractivity contribution in [2.75, 3.05) is 19.7 Å². The summed E-state index contributed by atoms with van der Waals surface area (Å²) >= 11 is 0. The molecule has 0 unspecified atom stereocenters. The van der Waals surface area contributed by atoms with Gasteiger partial charge in [-0.25, -0.2) is 0 Å². The molecule has 17 heavy (non-hydrogen) atoms. The topological polar surface area (TPSA) is 40.5 Å². The second-order valence-electron chi connectivity index (χ2n) is 4.91. The van der Waals surface area contributed by atoms with E-state index >= 15 is 0 Å². The molecule has 92 valence electrons. The molecule has 1 heterocycles. The van der Waals surface area contributed by atoms with Crippen molar-refractivity contribution in [1.29, 1.82) is 0 Å². The van der Waals surface area contributed by atoms with Gasteiger partial charge < -0.3 is 10.0 Å². The third kappa shape index (κ3) is 2.50. The number of aryl methyl sites for hydroxylation is 2. The highest BCUT2D eigenvalue weighted by atomic mass is 16.3. The zero-order valence-corrected chi connectivity index (χ0v) is 10.4. The third-order valence-electron chi connectivity index (χ3n) is 3.45. The molecule has 1 atom stereocenters. The summed E-state index contributed by atoms with van der Waals surface area (Å²) in [6, 6.07) is 5.96. The van der Waals surface area contributed by atoms with Crippen molar-refractivity contribution in [2.24, 2.45) is 5.92 Å². The lowest BCUT2D eigenvalue weighted by atomic mass is 10.0. The third-order valence-corrected chi connectivity index (χ3v) is 3.45. The van der Waals surface area contributed by atoms with E-state index in [0.29, 0.717) is 6.54 Å². The molecule has 0 aliphatic carbocycles. The maximum Gasteiger partial charge on any atom is 0.254 e. The molecule has 1 aromatic carbocycles. The van der Waals surface area contributed by atoms with Crippen LogP contribution in [0.15, 0.2) is 18.2 Å². The van der Waals surface area contributed by atoms with E-state index in [4.69, 9.17) is 5.11 Å². The van der Waals surface area contributed by atoms with Crippen LogP contribution in [0.1, 0.15) is 27.9 Å². The van der Waals surface area contributed by atoms with Gasteiger partial charge in [-0.1, -0.05) is 17.7 Å². The lowest BCUT2D eigenvalue weighted by Crippen LogP contribution is -2.29. The monoisotopic (exact) mass is 233 g/mol. The van der Waals surface area contributed by atoms with Crippen LogP contribution in [0.2, 0.25) is 0 Å². The second kappa shape index (κ2) is 4.88. The van der Waals surface area contributed by atoms with Crippen molar-refractivity contribution in [3.63, 3.8) is 0 Å². The summed E-state index contributed by atoms with van der Waals surface area (Å²) in [5, 5.41) is 9.10.